The number of rotatable bonds is 7. The molecule has 0 aromatic heterocycles. The van der Waals surface area contributed by atoms with E-state index in [1.807, 2.05) is 19.1 Å². The number of allylic oxidation sites excluding steroid dienone is 5. The Hall–Kier alpha value is -0.980. The van der Waals surface area contributed by atoms with Gasteiger partial charge in [-0.2, -0.15) is 0 Å². The van der Waals surface area contributed by atoms with Gasteiger partial charge in [-0.15, -0.1) is 0 Å². The van der Waals surface area contributed by atoms with Crippen molar-refractivity contribution in [2.24, 2.45) is 0 Å². The molecule has 0 saturated carbocycles. The molecule has 0 heterocycles. The molecule has 0 aliphatic carbocycles. The lowest BCUT2D eigenvalue weighted by Gasteiger charge is -1.93. The van der Waals surface area contributed by atoms with Crippen LogP contribution in [0.1, 0.15) is 46.0 Å². The maximum Gasteiger partial charge on any atom is 0.115 e. The minimum Gasteiger partial charge on any atom is -0.508 e. The van der Waals surface area contributed by atoms with Gasteiger partial charge in [0.15, 0.2) is 0 Å². The molecule has 0 unspecified atom stereocenters. The smallest absolute Gasteiger partial charge is 0.115 e. The fourth-order valence-corrected chi connectivity index (χ4v) is 1.18. The summed E-state index contributed by atoms with van der Waals surface area (Å²) in [4.78, 5) is 0. The lowest BCUT2D eigenvalue weighted by atomic mass is 10.1. The predicted octanol–water partition coefficient (Wildman–Crippen LogP) is 4.53. The Balaban J connectivity index is 3.48. The van der Waals surface area contributed by atoms with Gasteiger partial charge < -0.3 is 5.11 Å². The average molecular weight is 194 g/mol. The number of unbranched alkanes of at least 4 members (excludes halogenated alkanes) is 4. The molecule has 0 aromatic rings. The van der Waals surface area contributed by atoms with Crippen molar-refractivity contribution in [1.82, 2.24) is 0 Å². The Morgan fingerprint density at radius 1 is 1.21 bits per heavy atom. The zero-order valence-electron chi connectivity index (χ0n) is 9.37. The number of aliphatic hydroxyl groups is 1. The van der Waals surface area contributed by atoms with Crippen molar-refractivity contribution >= 4 is 0 Å². The van der Waals surface area contributed by atoms with Gasteiger partial charge in [0, 0.05) is 0 Å². The molecule has 0 atom stereocenters. The number of hydrogen-bond acceptors (Lipinski definition) is 1. The Morgan fingerprint density at radius 2 is 2.00 bits per heavy atom. The summed E-state index contributed by atoms with van der Waals surface area (Å²) in [6.07, 6.45) is 15.5. The molecule has 0 bridgehead atoms. The van der Waals surface area contributed by atoms with Crippen LogP contribution in [-0.2, 0) is 0 Å². The molecule has 0 rings (SSSR count). The standard InChI is InChI=1S/C13H22O/c1-3-5-6-7-8-9-10-12-13(14)11-4-2/h4,9-12,14H,3,5-8H2,1-2H3. The Kier molecular flexibility index (Phi) is 9.40. The number of aliphatic hydroxyl groups excluding tert-OH is 1. The molecule has 1 heteroatoms. The van der Waals surface area contributed by atoms with Crippen LogP contribution in [-0.4, -0.2) is 5.11 Å². The lowest BCUT2D eigenvalue weighted by molar-refractivity contribution is 0.432. The van der Waals surface area contributed by atoms with Crippen LogP contribution in [0.4, 0.5) is 0 Å². The molecule has 1 N–H and O–H groups in total. The van der Waals surface area contributed by atoms with Crippen LogP contribution in [0.2, 0.25) is 0 Å². The van der Waals surface area contributed by atoms with Crippen molar-refractivity contribution in [2.45, 2.75) is 46.0 Å². The summed E-state index contributed by atoms with van der Waals surface area (Å²) in [5.74, 6) is 0.317. The molecule has 0 aliphatic heterocycles. The first-order chi connectivity index (χ1) is 6.81. The van der Waals surface area contributed by atoms with E-state index in [9.17, 15) is 5.11 Å². The molecule has 0 saturated heterocycles. The monoisotopic (exact) mass is 194 g/mol. The molecule has 0 aromatic carbocycles. The van der Waals surface area contributed by atoms with Gasteiger partial charge in [-0.05, 0) is 31.9 Å². The normalized spacial score (nSPS) is 13.1. The van der Waals surface area contributed by atoms with E-state index in [1.165, 1.54) is 25.7 Å². The Morgan fingerprint density at radius 3 is 2.64 bits per heavy atom. The minimum atomic E-state index is 0.317. The molecule has 0 radical (unpaired) electrons. The Bertz CT molecular complexity index is 199. The van der Waals surface area contributed by atoms with Gasteiger partial charge in [0.1, 0.15) is 5.76 Å². The van der Waals surface area contributed by atoms with E-state index in [-0.39, 0.29) is 0 Å². The van der Waals surface area contributed by atoms with Crippen molar-refractivity contribution < 1.29 is 5.11 Å². The second-order valence-corrected chi connectivity index (χ2v) is 3.37. The highest BCUT2D eigenvalue weighted by atomic mass is 16.3. The molecular formula is C13H22O. The zero-order chi connectivity index (χ0) is 10.6. The molecule has 0 amide bonds. The average Bonchev–Trinajstić information content (AvgIpc) is 2.17. The van der Waals surface area contributed by atoms with Crippen LogP contribution in [0.5, 0.6) is 0 Å². The van der Waals surface area contributed by atoms with E-state index in [4.69, 9.17) is 0 Å². The summed E-state index contributed by atoms with van der Waals surface area (Å²) in [5, 5.41) is 9.21. The molecule has 0 aliphatic rings. The van der Waals surface area contributed by atoms with Crippen molar-refractivity contribution in [3.8, 4) is 0 Å². The summed E-state index contributed by atoms with van der Waals surface area (Å²) in [6.45, 7) is 4.10. The highest BCUT2D eigenvalue weighted by molar-refractivity contribution is 5.16. The third-order valence-electron chi connectivity index (χ3n) is 1.96. The van der Waals surface area contributed by atoms with Gasteiger partial charge in [-0.3, -0.25) is 0 Å². The third-order valence-corrected chi connectivity index (χ3v) is 1.96. The van der Waals surface area contributed by atoms with Crippen molar-refractivity contribution in [3.63, 3.8) is 0 Å². The maximum atomic E-state index is 9.21. The van der Waals surface area contributed by atoms with Crippen molar-refractivity contribution in [2.75, 3.05) is 0 Å². The predicted molar refractivity (Wildman–Crippen MR) is 63.4 cm³/mol. The second kappa shape index (κ2) is 10.1. The summed E-state index contributed by atoms with van der Waals surface area (Å²) in [6, 6.07) is 0. The van der Waals surface area contributed by atoms with Crippen LogP contribution < -0.4 is 0 Å². The minimum absolute atomic E-state index is 0.317. The van der Waals surface area contributed by atoms with Crippen LogP contribution in [0.25, 0.3) is 0 Å². The fraction of sp³-hybridized carbons (Fsp3) is 0.538. The SMILES string of the molecule is CC=CC(O)=CC=CCCCCCC. The van der Waals surface area contributed by atoms with Gasteiger partial charge in [-0.1, -0.05) is 44.4 Å². The zero-order valence-corrected chi connectivity index (χ0v) is 9.37. The molecule has 80 valence electrons. The van der Waals surface area contributed by atoms with Gasteiger partial charge in [0.25, 0.3) is 0 Å². The van der Waals surface area contributed by atoms with E-state index in [1.54, 1.807) is 12.2 Å². The van der Waals surface area contributed by atoms with E-state index < -0.39 is 0 Å². The van der Waals surface area contributed by atoms with Crippen LogP contribution >= 0.6 is 0 Å². The topological polar surface area (TPSA) is 20.2 Å². The molecule has 1 nitrogen and oxygen atoms in total. The van der Waals surface area contributed by atoms with Gasteiger partial charge in [-0.25, -0.2) is 0 Å². The summed E-state index contributed by atoms with van der Waals surface area (Å²) in [7, 11) is 0. The molecule has 14 heavy (non-hydrogen) atoms. The molecule has 0 fully saturated rings. The first kappa shape index (κ1) is 13.0. The fourth-order valence-electron chi connectivity index (χ4n) is 1.18. The van der Waals surface area contributed by atoms with Gasteiger partial charge in [0.05, 0.1) is 0 Å². The second-order valence-electron chi connectivity index (χ2n) is 3.37. The van der Waals surface area contributed by atoms with Gasteiger partial charge in [0.2, 0.25) is 0 Å². The summed E-state index contributed by atoms with van der Waals surface area (Å²) < 4.78 is 0. The first-order valence-electron chi connectivity index (χ1n) is 5.49. The Labute approximate surface area is 87.8 Å². The van der Waals surface area contributed by atoms with E-state index in [0.717, 1.165) is 6.42 Å². The summed E-state index contributed by atoms with van der Waals surface area (Å²) >= 11 is 0. The molecular weight excluding hydrogens is 172 g/mol. The molecule has 0 spiro atoms. The van der Waals surface area contributed by atoms with Crippen LogP contribution in [0.15, 0.2) is 36.1 Å². The van der Waals surface area contributed by atoms with E-state index in [2.05, 4.69) is 13.0 Å². The quantitative estimate of drug-likeness (QED) is 0.358. The van der Waals surface area contributed by atoms with Crippen LogP contribution in [0, 0.1) is 0 Å². The maximum absolute atomic E-state index is 9.21. The van der Waals surface area contributed by atoms with Crippen molar-refractivity contribution in [3.05, 3.63) is 36.1 Å². The first-order valence-corrected chi connectivity index (χ1v) is 5.49. The van der Waals surface area contributed by atoms with Crippen molar-refractivity contribution in [1.29, 1.82) is 0 Å². The lowest BCUT2D eigenvalue weighted by Crippen LogP contribution is -1.74. The van der Waals surface area contributed by atoms with Crippen LogP contribution in [0.3, 0.4) is 0 Å². The summed E-state index contributed by atoms with van der Waals surface area (Å²) in [5.41, 5.74) is 0. The highest BCUT2D eigenvalue weighted by Crippen LogP contribution is 2.03. The van der Waals surface area contributed by atoms with Gasteiger partial charge >= 0.3 is 0 Å². The third kappa shape index (κ3) is 9.11. The van der Waals surface area contributed by atoms with E-state index >= 15 is 0 Å². The number of hydrogen-bond donors (Lipinski definition) is 1. The highest BCUT2D eigenvalue weighted by Gasteiger charge is 1.84. The largest absolute Gasteiger partial charge is 0.508 e. The van der Waals surface area contributed by atoms with E-state index in [0.29, 0.717) is 5.76 Å².